The van der Waals surface area contributed by atoms with Gasteiger partial charge in [0.2, 0.25) is 0 Å². The van der Waals surface area contributed by atoms with Crippen molar-refractivity contribution in [2.75, 3.05) is 19.7 Å². The average molecular weight is 330 g/mol. The van der Waals surface area contributed by atoms with Gasteiger partial charge in [0.05, 0.1) is 10.4 Å². The van der Waals surface area contributed by atoms with E-state index in [0.717, 1.165) is 16.8 Å². The summed E-state index contributed by atoms with van der Waals surface area (Å²) in [6.07, 6.45) is 2.75. The molecular formula is C13H16BrNO2S. The molecule has 18 heavy (non-hydrogen) atoms. The smallest absolute Gasteiger partial charge is 0.410 e. The molecular weight excluding hydrogens is 314 g/mol. The van der Waals surface area contributed by atoms with E-state index in [0.29, 0.717) is 13.2 Å². The standard InChI is InChI=1S/C13H16BrNO2S/c1-3-9-8-15(13(16)17-4-2)6-5-11-10(9)7-12(14)18-11/h3,7H,4-6,8H2,1-2H3/b9-3+. The number of carbonyl (C=O) groups excluding carboxylic acids is 1. The molecule has 2 heterocycles. The molecule has 0 aliphatic carbocycles. The summed E-state index contributed by atoms with van der Waals surface area (Å²) in [5, 5.41) is 0. The van der Waals surface area contributed by atoms with E-state index in [9.17, 15) is 4.79 Å². The van der Waals surface area contributed by atoms with Crippen LogP contribution in [-0.2, 0) is 11.2 Å². The van der Waals surface area contributed by atoms with E-state index in [2.05, 4.69) is 28.1 Å². The lowest BCUT2D eigenvalue weighted by Gasteiger charge is -2.20. The normalized spacial score (nSPS) is 17.5. The second-order valence-corrected chi connectivity index (χ2v) is 6.59. The monoisotopic (exact) mass is 329 g/mol. The summed E-state index contributed by atoms with van der Waals surface area (Å²) in [5.41, 5.74) is 2.46. The molecule has 0 spiro atoms. The summed E-state index contributed by atoms with van der Waals surface area (Å²) in [6, 6.07) is 2.14. The van der Waals surface area contributed by atoms with Crippen LogP contribution in [0.5, 0.6) is 0 Å². The predicted octanol–water partition coefficient (Wildman–Crippen LogP) is 3.93. The van der Waals surface area contributed by atoms with E-state index in [1.54, 1.807) is 16.2 Å². The number of amides is 1. The number of rotatable bonds is 1. The Balaban J connectivity index is 2.23. The fourth-order valence-electron chi connectivity index (χ4n) is 2.08. The van der Waals surface area contributed by atoms with E-state index in [1.807, 2.05) is 13.8 Å². The van der Waals surface area contributed by atoms with E-state index < -0.39 is 0 Å². The number of halogens is 1. The van der Waals surface area contributed by atoms with Gasteiger partial charge in [0.25, 0.3) is 0 Å². The third-order valence-corrected chi connectivity index (χ3v) is 4.67. The van der Waals surface area contributed by atoms with Crippen molar-refractivity contribution in [3.63, 3.8) is 0 Å². The molecule has 0 bridgehead atoms. The average Bonchev–Trinajstić information content (AvgIpc) is 2.62. The van der Waals surface area contributed by atoms with Gasteiger partial charge in [0, 0.05) is 24.4 Å². The van der Waals surface area contributed by atoms with Crippen molar-refractivity contribution in [3.05, 3.63) is 26.4 Å². The molecule has 1 aliphatic rings. The topological polar surface area (TPSA) is 29.5 Å². The van der Waals surface area contributed by atoms with Gasteiger partial charge in [-0.1, -0.05) is 6.08 Å². The molecule has 0 saturated carbocycles. The predicted molar refractivity (Wildman–Crippen MR) is 78.0 cm³/mol. The number of hydrogen-bond acceptors (Lipinski definition) is 3. The van der Waals surface area contributed by atoms with Crippen LogP contribution < -0.4 is 0 Å². The van der Waals surface area contributed by atoms with Crippen LogP contribution in [0.3, 0.4) is 0 Å². The second-order valence-electron chi connectivity index (χ2n) is 4.07. The number of thiophene rings is 1. The summed E-state index contributed by atoms with van der Waals surface area (Å²) in [7, 11) is 0. The Bertz CT molecular complexity index is 481. The Hall–Kier alpha value is -0.810. The molecule has 0 radical (unpaired) electrons. The number of fused-ring (bicyclic) bond motifs is 1. The van der Waals surface area contributed by atoms with Crippen molar-refractivity contribution in [1.82, 2.24) is 4.90 Å². The van der Waals surface area contributed by atoms with Gasteiger partial charge >= 0.3 is 6.09 Å². The highest BCUT2D eigenvalue weighted by molar-refractivity contribution is 9.11. The van der Waals surface area contributed by atoms with Gasteiger partial charge in [-0.05, 0) is 47.0 Å². The number of nitrogens with zero attached hydrogens (tertiary/aromatic N) is 1. The maximum absolute atomic E-state index is 11.8. The van der Waals surface area contributed by atoms with Crippen LogP contribution in [0.15, 0.2) is 15.9 Å². The van der Waals surface area contributed by atoms with Crippen LogP contribution in [-0.4, -0.2) is 30.7 Å². The molecule has 3 nitrogen and oxygen atoms in total. The van der Waals surface area contributed by atoms with Crippen molar-refractivity contribution >= 4 is 38.9 Å². The van der Waals surface area contributed by atoms with Crippen LogP contribution in [0.4, 0.5) is 4.79 Å². The zero-order chi connectivity index (χ0) is 13.1. The number of ether oxygens (including phenoxy) is 1. The fraction of sp³-hybridized carbons (Fsp3) is 0.462. The van der Waals surface area contributed by atoms with Crippen LogP contribution >= 0.6 is 27.3 Å². The lowest BCUT2D eigenvalue weighted by molar-refractivity contribution is 0.113. The summed E-state index contributed by atoms with van der Waals surface area (Å²) in [5.74, 6) is 0. The van der Waals surface area contributed by atoms with Gasteiger partial charge in [-0.15, -0.1) is 11.3 Å². The molecule has 0 fully saturated rings. The molecule has 0 N–H and O–H groups in total. The Labute approximate surface area is 120 Å². The first kappa shape index (κ1) is 13.6. The van der Waals surface area contributed by atoms with Gasteiger partial charge < -0.3 is 9.64 Å². The van der Waals surface area contributed by atoms with E-state index >= 15 is 0 Å². The van der Waals surface area contributed by atoms with Crippen molar-refractivity contribution in [1.29, 1.82) is 0 Å². The Morgan fingerprint density at radius 2 is 2.44 bits per heavy atom. The second kappa shape index (κ2) is 5.89. The van der Waals surface area contributed by atoms with E-state index in [1.165, 1.54) is 16.0 Å². The lowest BCUT2D eigenvalue weighted by Crippen LogP contribution is -2.33. The molecule has 0 saturated heterocycles. The molecule has 0 atom stereocenters. The molecule has 1 aromatic heterocycles. The van der Waals surface area contributed by atoms with Crippen LogP contribution in [0.2, 0.25) is 0 Å². The van der Waals surface area contributed by atoms with Gasteiger partial charge in [-0.25, -0.2) is 4.79 Å². The quantitative estimate of drug-likeness (QED) is 0.781. The highest BCUT2D eigenvalue weighted by Gasteiger charge is 2.23. The maximum Gasteiger partial charge on any atom is 0.410 e. The molecule has 1 amide bonds. The van der Waals surface area contributed by atoms with Crippen molar-refractivity contribution in [2.24, 2.45) is 0 Å². The van der Waals surface area contributed by atoms with Gasteiger partial charge in [-0.3, -0.25) is 0 Å². The molecule has 2 rings (SSSR count). The fourth-order valence-corrected chi connectivity index (χ4v) is 3.80. The first-order valence-electron chi connectivity index (χ1n) is 6.01. The first-order valence-corrected chi connectivity index (χ1v) is 7.62. The SMILES string of the molecule is C/C=C1\CN(C(=O)OCC)CCc2sc(Br)cc21. The molecule has 1 aromatic rings. The largest absolute Gasteiger partial charge is 0.450 e. The van der Waals surface area contributed by atoms with Gasteiger partial charge in [0.1, 0.15) is 0 Å². The first-order chi connectivity index (χ1) is 8.65. The molecule has 0 aromatic carbocycles. The van der Waals surface area contributed by atoms with E-state index in [-0.39, 0.29) is 6.09 Å². The Morgan fingerprint density at radius 3 is 3.11 bits per heavy atom. The minimum absolute atomic E-state index is 0.217. The Kier molecular flexibility index (Phi) is 4.45. The zero-order valence-corrected chi connectivity index (χ0v) is 12.9. The van der Waals surface area contributed by atoms with Gasteiger partial charge in [0.15, 0.2) is 0 Å². The van der Waals surface area contributed by atoms with E-state index in [4.69, 9.17) is 4.74 Å². The molecule has 0 unspecified atom stereocenters. The van der Waals surface area contributed by atoms with Crippen molar-refractivity contribution in [3.8, 4) is 0 Å². The van der Waals surface area contributed by atoms with Crippen LogP contribution in [0.25, 0.3) is 5.57 Å². The van der Waals surface area contributed by atoms with Gasteiger partial charge in [-0.2, -0.15) is 0 Å². The third kappa shape index (κ3) is 2.78. The minimum Gasteiger partial charge on any atom is -0.450 e. The summed E-state index contributed by atoms with van der Waals surface area (Å²) >= 11 is 5.28. The summed E-state index contributed by atoms with van der Waals surface area (Å²) in [4.78, 5) is 14.9. The van der Waals surface area contributed by atoms with Crippen molar-refractivity contribution < 1.29 is 9.53 Å². The Morgan fingerprint density at radius 1 is 1.67 bits per heavy atom. The number of allylic oxidation sites excluding steroid dienone is 1. The molecule has 1 aliphatic heterocycles. The number of carbonyl (C=O) groups is 1. The summed E-state index contributed by atoms with van der Waals surface area (Å²) in [6.45, 7) is 5.62. The minimum atomic E-state index is -0.217. The highest BCUT2D eigenvalue weighted by atomic mass is 79.9. The van der Waals surface area contributed by atoms with Crippen molar-refractivity contribution in [2.45, 2.75) is 20.3 Å². The zero-order valence-electron chi connectivity index (χ0n) is 10.5. The summed E-state index contributed by atoms with van der Waals surface area (Å²) < 4.78 is 6.23. The third-order valence-electron chi connectivity index (χ3n) is 2.97. The van der Waals surface area contributed by atoms with Crippen LogP contribution in [0.1, 0.15) is 24.3 Å². The maximum atomic E-state index is 11.8. The molecule has 5 heteroatoms. The number of hydrogen-bond donors (Lipinski definition) is 0. The van der Waals surface area contributed by atoms with Crippen LogP contribution in [0, 0.1) is 0 Å². The lowest BCUT2D eigenvalue weighted by atomic mass is 10.1. The highest BCUT2D eigenvalue weighted by Crippen LogP contribution is 2.34. The molecule has 98 valence electrons.